The molecule has 3 rings (SSSR count). The van der Waals surface area contributed by atoms with Gasteiger partial charge < -0.3 is 14.8 Å². The monoisotopic (exact) mass is 491 g/mol. The molecule has 0 radical (unpaired) electrons. The van der Waals surface area contributed by atoms with E-state index in [4.69, 9.17) is 9.88 Å². The second-order valence-electron chi connectivity index (χ2n) is 7.21. The molecule has 3 N–H and O–H groups in total. The van der Waals surface area contributed by atoms with Crippen molar-refractivity contribution in [1.82, 2.24) is 0 Å². The van der Waals surface area contributed by atoms with E-state index < -0.39 is 21.9 Å². The molecule has 0 saturated carbocycles. The normalized spacial score (nSPS) is 11.3. The number of ether oxygens (including phenoxy) is 2. The van der Waals surface area contributed by atoms with Crippen LogP contribution in [0.15, 0.2) is 83.3 Å². The fraction of sp³-hybridized carbons (Fsp3) is 0.0800. The van der Waals surface area contributed by atoms with Crippen molar-refractivity contribution in [3.05, 3.63) is 95.1 Å². The quantitative estimate of drug-likeness (QED) is 0.279. The van der Waals surface area contributed by atoms with Crippen molar-refractivity contribution in [2.24, 2.45) is 5.14 Å². The Bertz CT molecular complexity index is 1410. The highest BCUT2D eigenvalue weighted by atomic mass is 32.2. The molecule has 0 aromatic heterocycles. The Morgan fingerprint density at radius 2 is 1.69 bits per heavy atom. The van der Waals surface area contributed by atoms with E-state index in [1.54, 1.807) is 48.5 Å². The lowest BCUT2D eigenvalue weighted by Crippen LogP contribution is -2.14. The number of nitriles is 1. The Morgan fingerprint density at radius 3 is 2.29 bits per heavy atom. The second kappa shape index (κ2) is 11.1. The second-order valence-corrected chi connectivity index (χ2v) is 8.77. The van der Waals surface area contributed by atoms with Crippen LogP contribution in [0.3, 0.4) is 0 Å². The summed E-state index contributed by atoms with van der Waals surface area (Å²) in [6.45, 7) is 0.191. The number of para-hydroxylation sites is 1. The fourth-order valence-corrected chi connectivity index (χ4v) is 3.49. The number of benzene rings is 3. The van der Waals surface area contributed by atoms with Crippen LogP contribution in [0.4, 0.5) is 5.69 Å². The van der Waals surface area contributed by atoms with Crippen molar-refractivity contribution >= 4 is 33.7 Å². The predicted molar refractivity (Wildman–Crippen MR) is 129 cm³/mol. The number of carbonyl (C=O) groups excluding carboxylic acids is 2. The topological polar surface area (TPSA) is 149 Å². The number of rotatable bonds is 8. The molecule has 0 heterocycles. The molecule has 0 fully saturated rings. The maximum atomic E-state index is 12.6. The molecule has 3 aromatic rings. The van der Waals surface area contributed by atoms with Gasteiger partial charge in [0.15, 0.2) is 0 Å². The highest BCUT2D eigenvalue weighted by Crippen LogP contribution is 2.23. The van der Waals surface area contributed by atoms with Crippen molar-refractivity contribution in [1.29, 1.82) is 5.26 Å². The largest absolute Gasteiger partial charge is 0.488 e. The summed E-state index contributed by atoms with van der Waals surface area (Å²) in [5.41, 5.74) is 1.85. The van der Waals surface area contributed by atoms with Crippen LogP contribution < -0.4 is 15.2 Å². The lowest BCUT2D eigenvalue weighted by molar-refractivity contribution is -0.112. The minimum absolute atomic E-state index is 0.0995. The van der Waals surface area contributed by atoms with E-state index in [9.17, 15) is 23.3 Å². The van der Waals surface area contributed by atoms with E-state index in [1.165, 1.54) is 37.5 Å². The molecule has 0 aliphatic rings. The van der Waals surface area contributed by atoms with Crippen molar-refractivity contribution in [2.45, 2.75) is 11.5 Å². The third kappa shape index (κ3) is 6.77. The smallest absolute Gasteiger partial charge is 0.337 e. The Kier molecular flexibility index (Phi) is 7.99. The minimum atomic E-state index is -3.86. The number of nitrogens with one attached hydrogen (secondary N) is 1. The average molecular weight is 492 g/mol. The predicted octanol–water partition coefficient (Wildman–Crippen LogP) is 3.25. The summed E-state index contributed by atoms with van der Waals surface area (Å²) in [5.74, 6) is -0.665. The zero-order valence-electron chi connectivity index (χ0n) is 18.6. The van der Waals surface area contributed by atoms with E-state index in [-0.39, 0.29) is 17.1 Å². The number of amides is 1. The van der Waals surface area contributed by atoms with Crippen LogP contribution >= 0.6 is 0 Å². The maximum absolute atomic E-state index is 12.6. The van der Waals surface area contributed by atoms with Gasteiger partial charge in [-0.15, -0.1) is 0 Å². The highest BCUT2D eigenvalue weighted by Gasteiger charge is 2.13. The molecular formula is C25H21N3O6S. The Balaban J connectivity index is 1.73. The highest BCUT2D eigenvalue weighted by molar-refractivity contribution is 7.89. The molecular weight excluding hydrogens is 470 g/mol. The molecule has 0 saturated heterocycles. The molecule has 0 aliphatic heterocycles. The van der Waals surface area contributed by atoms with Gasteiger partial charge in [0.1, 0.15) is 24.0 Å². The molecule has 178 valence electrons. The number of anilines is 1. The molecule has 0 bridgehead atoms. The van der Waals surface area contributed by atoms with Crippen LogP contribution in [-0.2, 0) is 26.2 Å². The van der Waals surface area contributed by atoms with Crippen LogP contribution in [-0.4, -0.2) is 27.4 Å². The van der Waals surface area contributed by atoms with E-state index in [0.717, 1.165) is 5.56 Å². The molecule has 0 unspecified atom stereocenters. The SMILES string of the molecule is COC(=O)c1ccc(COc2ccccc2/C=C(\C#N)C(=O)Nc2ccc(S(N)(=O)=O)cc2)cc1. The molecule has 0 atom stereocenters. The Hall–Kier alpha value is -4.46. The first kappa shape index (κ1) is 25.2. The van der Waals surface area contributed by atoms with Gasteiger partial charge in [-0.05, 0) is 54.1 Å². The molecule has 9 nitrogen and oxygen atoms in total. The molecule has 1 amide bonds. The van der Waals surface area contributed by atoms with Crippen LogP contribution in [0.5, 0.6) is 5.75 Å². The van der Waals surface area contributed by atoms with E-state index in [1.807, 2.05) is 6.07 Å². The van der Waals surface area contributed by atoms with Gasteiger partial charge in [0.2, 0.25) is 10.0 Å². The number of methoxy groups -OCH3 is 1. The van der Waals surface area contributed by atoms with Crippen molar-refractivity contribution in [3.63, 3.8) is 0 Å². The van der Waals surface area contributed by atoms with Gasteiger partial charge in [0.05, 0.1) is 17.6 Å². The molecule has 0 spiro atoms. The first-order valence-corrected chi connectivity index (χ1v) is 11.7. The lowest BCUT2D eigenvalue weighted by atomic mass is 10.1. The van der Waals surface area contributed by atoms with E-state index in [2.05, 4.69) is 10.1 Å². The number of hydrogen-bond donors (Lipinski definition) is 2. The standard InChI is InChI=1S/C25H21N3O6S/c1-33-25(30)18-8-6-17(7-9-18)16-34-23-5-3-2-4-19(23)14-20(15-26)24(29)28-21-10-12-22(13-11-21)35(27,31)32/h2-14H,16H2,1H3,(H,28,29)(H2,27,31,32)/b20-14+. The zero-order valence-corrected chi connectivity index (χ0v) is 19.4. The van der Waals surface area contributed by atoms with E-state index in [0.29, 0.717) is 22.6 Å². The van der Waals surface area contributed by atoms with Gasteiger partial charge in [0, 0.05) is 11.3 Å². The Labute approximate surface area is 202 Å². The van der Waals surface area contributed by atoms with Crippen molar-refractivity contribution in [2.75, 3.05) is 12.4 Å². The summed E-state index contributed by atoms with van der Waals surface area (Å²) in [5, 5.41) is 17.1. The zero-order chi connectivity index (χ0) is 25.4. The number of esters is 1. The number of carbonyl (C=O) groups is 2. The fourth-order valence-electron chi connectivity index (χ4n) is 2.98. The third-order valence-electron chi connectivity index (χ3n) is 4.79. The number of nitrogens with two attached hydrogens (primary N) is 1. The first-order chi connectivity index (χ1) is 16.7. The van der Waals surface area contributed by atoms with Crippen LogP contribution in [0.1, 0.15) is 21.5 Å². The molecule has 10 heteroatoms. The van der Waals surface area contributed by atoms with Crippen molar-refractivity contribution in [3.8, 4) is 11.8 Å². The van der Waals surface area contributed by atoms with E-state index >= 15 is 0 Å². The van der Waals surface area contributed by atoms with Gasteiger partial charge in [-0.2, -0.15) is 5.26 Å². The minimum Gasteiger partial charge on any atom is -0.488 e. The van der Waals surface area contributed by atoms with Gasteiger partial charge in [-0.1, -0.05) is 30.3 Å². The molecule has 0 aliphatic carbocycles. The summed E-state index contributed by atoms with van der Waals surface area (Å²) in [4.78, 5) is 24.1. The summed E-state index contributed by atoms with van der Waals surface area (Å²) in [6, 6.07) is 20.7. The Morgan fingerprint density at radius 1 is 1.03 bits per heavy atom. The summed E-state index contributed by atoms with van der Waals surface area (Å²) in [6.07, 6.45) is 1.39. The van der Waals surface area contributed by atoms with Gasteiger partial charge in [-0.3, -0.25) is 4.79 Å². The number of primary sulfonamides is 1. The number of hydrogen-bond acceptors (Lipinski definition) is 7. The third-order valence-corrected chi connectivity index (χ3v) is 5.72. The number of sulfonamides is 1. The van der Waals surface area contributed by atoms with Gasteiger partial charge in [0.25, 0.3) is 5.91 Å². The van der Waals surface area contributed by atoms with Crippen LogP contribution in [0.25, 0.3) is 6.08 Å². The molecule has 3 aromatic carbocycles. The average Bonchev–Trinajstić information content (AvgIpc) is 2.86. The summed E-state index contributed by atoms with van der Waals surface area (Å²) >= 11 is 0. The van der Waals surface area contributed by atoms with Crippen LogP contribution in [0, 0.1) is 11.3 Å². The van der Waals surface area contributed by atoms with Gasteiger partial charge >= 0.3 is 5.97 Å². The van der Waals surface area contributed by atoms with Crippen molar-refractivity contribution < 1.29 is 27.5 Å². The van der Waals surface area contributed by atoms with Crippen LogP contribution in [0.2, 0.25) is 0 Å². The summed E-state index contributed by atoms with van der Waals surface area (Å²) in [7, 11) is -2.55. The summed E-state index contributed by atoms with van der Waals surface area (Å²) < 4.78 is 33.3. The van der Waals surface area contributed by atoms with Gasteiger partial charge in [-0.25, -0.2) is 18.4 Å². The lowest BCUT2D eigenvalue weighted by Gasteiger charge is -2.10. The first-order valence-electron chi connectivity index (χ1n) is 10.2. The maximum Gasteiger partial charge on any atom is 0.337 e. The number of nitrogens with zero attached hydrogens (tertiary/aromatic N) is 1. The molecule has 35 heavy (non-hydrogen) atoms.